The molecule has 0 radical (unpaired) electrons. The van der Waals surface area contributed by atoms with Gasteiger partial charge in [0.1, 0.15) is 17.1 Å². The highest BCUT2D eigenvalue weighted by atomic mass is 35.5. The van der Waals surface area contributed by atoms with E-state index in [9.17, 15) is 14.7 Å². The van der Waals surface area contributed by atoms with Crippen molar-refractivity contribution < 1.29 is 28.9 Å². The Morgan fingerprint density at radius 1 is 1.24 bits per heavy atom. The Kier molecular flexibility index (Phi) is 4.47. The van der Waals surface area contributed by atoms with Gasteiger partial charge in [0.2, 0.25) is 5.78 Å². The number of ether oxygens (including phenoxy) is 3. The molecule has 0 aromatic heterocycles. The van der Waals surface area contributed by atoms with Gasteiger partial charge < -0.3 is 19.3 Å². The zero-order chi connectivity index (χ0) is 18.5. The number of rotatable bonds is 3. The summed E-state index contributed by atoms with van der Waals surface area (Å²) < 4.78 is 15.8. The zero-order valence-electron chi connectivity index (χ0n) is 13.8. The molecule has 2 aliphatic rings. The van der Waals surface area contributed by atoms with Crippen molar-refractivity contribution in [2.24, 2.45) is 0 Å². The van der Waals surface area contributed by atoms with Gasteiger partial charge in [0.05, 0.1) is 21.9 Å². The predicted octanol–water partition coefficient (Wildman–Crippen LogP) is 3.03. The number of aromatic hydroxyl groups is 1. The summed E-state index contributed by atoms with van der Waals surface area (Å²) in [6, 6.07) is 2.61. The van der Waals surface area contributed by atoms with Crippen LogP contribution in [0.4, 0.5) is 0 Å². The number of Topliss-reactive ketones (excluding diaryl/α,β-unsaturated/α-hetero) is 2. The van der Waals surface area contributed by atoms with Crippen LogP contribution >= 0.6 is 23.2 Å². The number of hydrogen-bond acceptors (Lipinski definition) is 6. The van der Waals surface area contributed by atoms with Crippen molar-refractivity contribution in [2.75, 3.05) is 13.9 Å². The van der Waals surface area contributed by atoms with Gasteiger partial charge in [-0.2, -0.15) is 0 Å². The number of carbonyl (C=O) groups excluding carboxylic acids is 2. The largest absolute Gasteiger partial charge is 0.507 e. The highest BCUT2D eigenvalue weighted by Gasteiger charge is 2.50. The molecule has 0 saturated heterocycles. The molecule has 0 fully saturated rings. The van der Waals surface area contributed by atoms with Gasteiger partial charge in [-0.15, -0.1) is 23.2 Å². The van der Waals surface area contributed by atoms with E-state index in [0.29, 0.717) is 0 Å². The van der Waals surface area contributed by atoms with Gasteiger partial charge in [0, 0.05) is 18.7 Å². The van der Waals surface area contributed by atoms with Crippen molar-refractivity contribution in [2.45, 2.75) is 30.2 Å². The second-order valence-electron chi connectivity index (χ2n) is 6.33. The van der Waals surface area contributed by atoms with Gasteiger partial charge in [-0.1, -0.05) is 0 Å². The highest BCUT2D eigenvalue weighted by molar-refractivity contribution is 6.38. The Morgan fingerprint density at radius 2 is 1.92 bits per heavy atom. The third-order valence-electron chi connectivity index (χ3n) is 4.16. The van der Waals surface area contributed by atoms with Crippen molar-refractivity contribution in [3.63, 3.8) is 0 Å². The molecule has 1 N–H and O–H groups in total. The van der Waals surface area contributed by atoms with Crippen molar-refractivity contribution in [1.29, 1.82) is 0 Å². The molecule has 1 heterocycles. The summed E-state index contributed by atoms with van der Waals surface area (Å²) in [4.78, 5) is 25.7. The van der Waals surface area contributed by atoms with Gasteiger partial charge in [0.15, 0.2) is 18.3 Å². The summed E-state index contributed by atoms with van der Waals surface area (Å²) in [5.74, 6) is -1.46. The molecule has 2 atom stereocenters. The van der Waals surface area contributed by atoms with Crippen LogP contribution in [0.3, 0.4) is 0 Å². The van der Waals surface area contributed by atoms with Crippen LogP contribution in [-0.4, -0.2) is 46.9 Å². The zero-order valence-corrected chi connectivity index (χ0v) is 15.3. The number of methoxy groups -OCH3 is 1. The molecule has 134 valence electrons. The number of phenolic OH excluding ortho intramolecular Hbond substituents is 1. The molecule has 0 bridgehead atoms. The molecule has 0 amide bonds. The molecule has 1 aliphatic heterocycles. The average Bonchev–Trinajstić information content (AvgIpc) is 2.54. The first-order valence-corrected chi connectivity index (χ1v) is 8.35. The SMILES string of the molecule is COCOc1cc(O)c2c(c1)C(=O)C1=C(C2=O)[C@@H](Cl)[C@H](Cl)C(C)(C)O1. The summed E-state index contributed by atoms with van der Waals surface area (Å²) >= 11 is 12.6. The van der Waals surface area contributed by atoms with E-state index in [1.165, 1.54) is 19.2 Å². The Hall–Kier alpha value is -1.76. The quantitative estimate of drug-likeness (QED) is 0.634. The Labute approximate surface area is 154 Å². The third-order valence-corrected chi connectivity index (χ3v) is 5.54. The first kappa shape index (κ1) is 18.0. The van der Waals surface area contributed by atoms with E-state index in [-0.39, 0.29) is 40.8 Å². The number of phenols is 1. The fourth-order valence-corrected chi connectivity index (χ4v) is 3.55. The number of halogens is 2. The average molecular weight is 387 g/mol. The van der Waals surface area contributed by atoms with Crippen LogP contribution < -0.4 is 4.74 Å². The normalized spacial score (nSPS) is 24.5. The van der Waals surface area contributed by atoms with Crippen LogP contribution in [0.5, 0.6) is 11.5 Å². The number of alkyl halides is 2. The second-order valence-corrected chi connectivity index (χ2v) is 7.27. The molecule has 1 aromatic rings. The summed E-state index contributed by atoms with van der Waals surface area (Å²) in [6.45, 7) is 3.30. The van der Waals surface area contributed by atoms with E-state index in [1.807, 2.05) is 0 Å². The lowest BCUT2D eigenvalue weighted by Crippen LogP contribution is -2.49. The van der Waals surface area contributed by atoms with Crippen molar-refractivity contribution in [3.05, 3.63) is 34.6 Å². The first-order chi connectivity index (χ1) is 11.7. The lowest BCUT2D eigenvalue weighted by molar-refractivity contribution is 0.0143. The van der Waals surface area contributed by atoms with E-state index in [1.54, 1.807) is 13.8 Å². The third kappa shape index (κ3) is 2.78. The molecular formula is C17H16Cl2O6. The molecule has 25 heavy (non-hydrogen) atoms. The lowest BCUT2D eigenvalue weighted by atomic mass is 9.81. The second kappa shape index (κ2) is 6.20. The number of hydrogen-bond donors (Lipinski definition) is 1. The maximum absolute atomic E-state index is 12.9. The first-order valence-electron chi connectivity index (χ1n) is 7.48. The summed E-state index contributed by atoms with van der Waals surface area (Å²) in [7, 11) is 1.44. The van der Waals surface area contributed by atoms with Crippen molar-refractivity contribution in [1.82, 2.24) is 0 Å². The Bertz CT molecular complexity index is 799. The highest BCUT2D eigenvalue weighted by Crippen LogP contribution is 2.45. The number of carbonyl (C=O) groups is 2. The Morgan fingerprint density at radius 3 is 2.56 bits per heavy atom. The van der Waals surface area contributed by atoms with E-state index < -0.39 is 27.9 Å². The van der Waals surface area contributed by atoms with E-state index in [0.717, 1.165) is 0 Å². The predicted molar refractivity (Wildman–Crippen MR) is 90.7 cm³/mol. The van der Waals surface area contributed by atoms with Crippen molar-refractivity contribution in [3.8, 4) is 11.5 Å². The standard InChI is InChI=1S/C17H16Cl2O6/c1-17(2)16(19)12(18)11-14(22)10-8(13(21)15(11)25-17)4-7(5-9(10)20)24-6-23-3/h4-5,12,16,20H,6H2,1-3H3/t12-,16+/m1/s1. The van der Waals surface area contributed by atoms with Crippen LogP contribution in [0.2, 0.25) is 0 Å². The summed E-state index contributed by atoms with van der Waals surface area (Å²) in [6.07, 6.45) is 0. The Balaban J connectivity index is 2.14. The van der Waals surface area contributed by atoms with E-state index in [2.05, 4.69) is 0 Å². The van der Waals surface area contributed by atoms with Crippen LogP contribution in [0.1, 0.15) is 34.6 Å². The summed E-state index contributed by atoms with van der Waals surface area (Å²) in [5, 5.41) is 8.59. The minimum absolute atomic E-state index is 0.0115. The van der Waals surface area contributed by atoms with Crippen LogP contribution in [0.15, 0.2) is 23.5 Å². The minimum atomic E-state index is -0.938. The molecule has 0 saturated carbocycles. The number of allylic oxidation sites excluding steroid dienone is 2. The number of benzene rings is 1. The molecule has 0 spiro atoms. The van der Waals surface area contributed by atoms with Gasteiger partial charge in [0.25, 0.3) is 0 Å². The number of fused-ring (bicyclic) bond motifs is 1. The van der Waals surface area contributed by atoms with Gasteiger partial charge in [-0.25, -0.2) is 0 Å². The maximum atomic E-state index is 12.9. The van der Waals surface area contributed by atoms with Gasteiger partial charge in [-0.05, 0) is 19.9 Å². The van der Waals surface area contributed by atoms with E-state index >= 15 is 0 Å². The van der Waals surface area contributed by atoms with Gasteiger partial charge in [-0.3, -0.25) is 9.59 Å². The molecule has 1 aliphatic carbocycles. The molecular weight excluding hydrogens is 371 g/mol. The number of ketones is 2. The fourth-order valence-electron chi connectivity index (χ4n) is 2.88. The monoisotopic (exact) mass is 386 g/mol. The molecule has 0 unspecified atom stereocenters. The molecule has 1 aromatic carbocycles. The van der Waals surface area contributed by atoms with Crippen molar-refractivity contribution >= 4 is 34.8 Å². The van der Waals surface area contributed by atoms with E-state index in [4.69, 9.17) is 37.4 Å². The summed E-state index contributed by atoms with van der Waals surface area (Å²) in [5.41, 5.74) is -1.11. The maximum Gasteiger partial charge on any atom is 0.229 e. The topological polar surface area (TPSA) is 82.1 Å². The van der Waals surface area contributed by atoms with Crippen LogP contribution in [0.25, 0.3) is 0 Å². The van der Waals surface area contributed by atoms with Crippen LogP contribution in [-0.2, 0) is 9.47 Å². The fraction of sp³-hybridized carbons (Fsp3) is 0.412. The van der Waals surface area contributed by atoms with Crippen LogP contribution in [0, 0.1) is 0 Å². The lowest BCUT2D eigenvalue weighted by Gasteiger charge is -2.41. The molecule has 6 nitrogen and oxygen atoms in total. The molecule has 3 rings (SSSR count). The smallest absolute Gasteiger partial charge is 0.229 e. The minimum Gasteiger partial charge on any atom is -0.507 e. The van der Waals surface area contributed by atoms with Gasteiger partial charge >= 0.3 is 0 Å². The molecule has 8 heteroatoms.